The number of nitrogens with zero attached hydrogens (tertiary/aromatic N) is 3. The lowest BCUT2D eigenvalue weighted by Crippen LogP contribution is -2.22. The van der Waals surface area contributed by atoms with Crippen LogP contribution in [0.3, 0.4) is 0 Å². The van der Waals surface area contributed by atoms with Crippen molar-refractivity contribution in [3.05, 3.63) is 34.5 Å². The average Bonchev–Trinajstić information content (AvgIpc) is 3.40. The fraction of sp³-hybridized carbons (Fsp3) is 0.450. The van der Waals surface area contributed by atoms with E-state index in [0.29, 0.717) is 36.6 Å². The first kappa shape index (κ1) is 19.3. The van der Waals surface area contributed by atoms with Gasteiger partial charge in [-0.05, 0) is 55.4 Å². The zero-order chi connectivity index (χ0) is 21.0. The standard InChI is InChI=1S/C20H23N5O4S/c1-11-7-8-29-19-17(10-22-25(11)19)30(21,28)24-20(27)23-18-13-4-2-3-12(13)9-15-14(18)5-6-16(15)26/h9-11H,2-8H2,1H3,(H3,21,23,24,27,28). The molecule has 2 unspecified atom stereocenters. The van der Waals surface area contributed by atoms with E-state index < -0.39 is 15.9 Å². The molecule has 30 heavy (non-hydrogen) atoms. The van der Waals surface area contributed by atoms with Gasteiger partial charge in [-0.2, -0.15) is 5.10 Å². The summed E-state index contributed by atoms with van der Waals surface area (Å²) in [5, 5.41) is 13.0. The van der Waals surface area contributed by atoms with E-state index in [2.05, 4.69) is 14.8 Å². The van der Waals surface area contributed by atoms with E-state index in [-0.39, 0.29) is 16.7 Å². The zero-order valence-corrected chi connectivity index (χ0v) is 17.5. The number of anilines is 1. The minimum Gasteiger partial charge on any atom is -0.477 e. The number of aryl methyl sites for hydroxylation is 1. The van der Waals surface area contributed by atoms with E-state index in [0.717, 1.165) is 42.4 Å². The van der Waals surface area contributed by atoms with Crippen LogP contribution in [0.5, 0.6) is 5.88 Å². The number of nitrogens with one attached hydrogen (secondary N) is 1. The number of ketones is 1. The summed E-state index contributed by atoms with van der Waals surface area (Å²) < 4.78 is 24.1. The molecule has 2 aromatic rings. The Kier molecular flexibility index (Phi) is 4.44. The van der Waals surface area contributed by atoms with Crippen molar-refractivity contribution in [1.29, 1.82) is 0 Å². The summed E-state index contributed by atoms with van der Waals surface area (Å²) in [5.74, 6) is 0.387. The highest BCUT2D eigenvalue weighted by molar-refractivity contribution is 7.91. The fourth-order valence-corrected chi connectivity index (χ4v) is 5.55. The third kappa shape index (κ3) is 3.02. The van der Waals surface area contributed by atoms with Gasteiger partial charge in [0.2, 0.25) is 5.88 Å². The normalized spacial score (nSPS) is 21.3. The lowest BCUT2D eigenvalue weighted by molar-refractivity contribution is 0.0994. The third-order valence-corrected chi connectivity index (χ3v) is 7.43. The molecule has 0 bridgehead atoms. The summed E-state index contributed by atoms with van der Waals surface area (Å²) in [6.45, 7) is 2.43. The monoisotopic (exact) mass is 429 g/mol. The SMILES string of the molecule is CC1CCOc2c(S(N)(=O)=NC(=O)Nc3c4c(cc5c3CCC5=O)CCC4)cnn21. The van der Waals surface area contributed by atoms with Gasteiger partial charge >= 0.3 is 6.03 Å². The number of urea groups is 1. The second-order valence-corrected chi connectivity index (χ2v) is 9.79. The Morgan fingerprint density at radius 1 is 1.33 bits per heavy atom. The number of hydrogen-bond acceptors (Lipinski definition) is 5. The van der Waals surface area contributed by atoms with Crippen LogP contribution in [0.4, 0.5) is 10.5 Å². The first-order chi connectivity index (χ1) is 14.3. The van der Waals surface area contributed by atoms with Gasteiger partial charge in [0, 0.05) is 24.1 Å². The maximum Gasteiger partial charge on any atom is 0.354 e. The van der Waals surface area contributed by atoms with Gasteiger partial charge in [-0.1, -0.05) is 0 Å². The Balaban J connectivity index is 1.50. The number of ether oxygens (including phenoxy) is 1. The highest BCUT2D eigenvalue weighted by Crippen LogP contribution is 2.39. The van der Waals surface area contributed by atoms with Crippen molar-refractivity contribution in [2.24, 2.45) is 9.50 Å². The molecule has 0 saturated heterocycles. The van der Waals surface area contributed by atoms with E-state index in [9.17, 15) is 13.8 Å². The number of carbonyl (C=O) groups is 2. The van der Waals surface area contributed by atoms with Crippen molar-refractivity contribution in [2.75, 3.05) is 11.9 Å². The Labute approximate surface area is 174 Å². The Morgan fingerprint density at radius 2 is 2.17 bits per heavy atom. The molecule has 2 heterocycles. The van der Waals surface area contributed by atoms with Crippen LogP contribution in [0.1, 0.15) is 59.3 Å². The number of fused-ring (bicyclic) bond motifs is 3. The van der Waals surface area contributed by atoms with Gasteiger partial charge in [0.1, 0.15) is 4.90 Å². The maximum atomic E-state index is 13.1. The van der Waals surface area contributed by atoms with Crippen LogP contribution in [-0.4, -0.2) is 32.4 Å². The number of amides is 2. The molecular weight excluding hydrogens is 406 g/mol. The smallest absolute Gasteiger partial charge is 0.354 e. The van der Waals surface area contributed by atoms with Crippen LogP contribution in [-0.2, 0) is 29.2 Å². The summed E-state index contributed by atoms with van der Waals surface area (Å²) >= 11 is 0. The summed E-state index contributed by atoms with van der Waals surface area (Å²) in [6, 6.07) is 1.25. The first-order valence-corrected chi connectivity index (χ1v) is 11.7. The summed E-state index contributed by atoms with van der Waals surface area (Å²) in [4.78, 5) is 25.1. The molecule has 158 valence electrons. The Morgan fingerprint density at radius 3 is 3.00 bits per heavy atom. The average molecular weight is 430 g/mol. The fourth-order valence-electron chi connectivity index (χ4n) is 4.56. The van der Waals surface area contributed by atoms with Crippen LogP contribution in [0.15, 0.2) is 21.5 Å². The molecule has 10 heteroatoms. The molecule has 1 aromatic carbocycles. The molecule has 2 amide bonds. The Hall–Kier alpha value is -2.72. The van der Waals surface area contributed by atoms with Gasteiger partial charge in [-0.3, -0.25) is 4.79 Å². The molecule has 3 aliphatic rings. The van der Waals surface area contributed by atoms with E-state index in [1.54, 1.807) is 4.68 Å². The number of aromatic nitrogens is 2. The molecule has 0 fully saturated rings. The zero-order valence-electron chi connectivity index (χ0n) is 16.6. The molecule has 3 N–H and O–H groups in total. The molecule has 5 rings (SSSR count). The first-order valence-electron chi connectivity index (χ1n) is 10.1. The lowest BCUT2D eigenvalue weighted by Gasteiger charge is -2.22. The predicted molar refractivity (Wildman–Crippen MR) is 110 cm³/mol. The largest absolute Gasteiger partial charge is 0.477 e. The van der Waals surface area contributed by atoms with Crippen molar-refractivity contribution in [1.82, 2.24) is 9.78 Å². The molecular formula is C20H23N5O4S. The predicted octanol–water partition coefficient (Wildman–Crippen LogP) is 2.78. The number of carbonyl (C=O) groups excluding carboxylic acids is 2. The van der Waals surface area contributed by atoms with Gasteiger partial charge in [-0.15, -0.1) is 4.36 Å². The van der Waals surface area contributed by atoms with E-state index >= 15 is 0 Å². The molecule has 1 aliphatic heterocycles. The molecule has 0 saturated carbocycles. The second kappa shape index (κ2) is 6.92. The van der Waals surface area contributed by atoms with E-state index in [1.165, 1.54) is 6.20 Å². The molecule has 0 radical (unpaired) electrons. The highest BCUT2D eigenvalue weighted by Gasteiger charge is 2.30. The minimum atomic E-state index is -3.55. The highest BCUT2D eigenvalue weighted by atomic mass is 32.2. The number of benzene rings is 1. The molecule has 2 aliphatic carbocycles. The molecule has 0 spiro atoms. The van der Waals surface area contributed by atoms with Crippen LogP contribution < -0.4 is 15.2 Å². The quantitative estimate of drug-likeness (QED) is 0.758. The van der Waals surface area contributed by atoms with E-state index in [4.69, 9.17) is 9.88 Å². The van der Waals surface area contributed by atoms with Gasteiger partial charge in [0.25, 0.3) is 0 Å². The Bertz CT molecular complexity index is 1210. The van der Waals surface area contributed by atoms with Gasteiger partial charge in [-0.25, -0.2) is 18.8 Å². The van der Waals surface area contributed by atoms with Crippen molar-refractivity contribution < 1.29 is 18.5 Å². The summed E-state index contributed by atoms with van der Waals surface area (Å²) in [5.41, 5.74) is 4.27. The van der Waals surface area contributed by atoms with Crippen LogP contribution in [0.2, 0.25) is 0 Å². The number of hydrogen-bond donors (Lipinski definition) is 2. The van der Waals surface area contributed by atoms with Crippen LogP contribution >= 0.6 is 0 Å². The van der Waals surface area contributed by atoms with Crippen LogP contribution in [0.25, 0.3) is 0 Å². The van der Waals surface area contributed by atoms with Crippen molar-refractivity contribution in [2.45, 2.75) is 56.4 Å². The van der Waals surface area contributed by atoms with Crippen LogP contribution in [0, 0.1) is 0 Å². The topological polar surface area (TPSA) is 129 Å². The lowest BCUT2D eigenvalue weighted by atomic mass is 9.98. The van der Waals surface area contributed by atoms with Gasteiger partial charge in [0.05, 0.1) is 18.8 Å². The van der Waals surface area contributed by atoms with Crippen molar-refractivity contribution in [3.63, 3.8) is 0 Å². The molecule has 1 aromatic heterocycles. The maximum absolute atomic E-state index is 13.1. The van der Waals surface area contributed by atoms with Crippen molar-refractivity contribution >= 4 is 27.4 Å². The summed E-state index contributed by atoms with van der Waals surface area (Å²) in [7, 11) is -3.55. The minimum absolute atomic E-state index is 0.0820. The third-order valence-electron chi connectivity index (χ3n) is 6.09. The number of Topliss-reactive ketones (excluding diaryl/α,β-unsaturated/α-hetero) is 1. The molecule has 9 nitrogen and oxygen atoms in total. The molecule has 2 atom stereocenters. The van der Waals surface area contributed by atoms with E-state index in [1.807, 2.05) is 13.0 Å². The van der Waals surface area contributed by atoms with Gasteiger partial charge < -0.3 is 10.1 Å². The van der Waals surface area contributed by atoms with Crippen molar-refractivity contribution in [3.8, 4) is 5.88 Å². The number of nitrogens with two attached hydrogens (primary N) is 1. The summed E-state index contributed by atoms with van der Waals surface area (Å²) in [6.07, 6.45) is 5.82. The number of rotatable bonds is 2. The second-order valence-electron chi connectivity index (χ2n) is 8.03. The van der Waals surface area contributed by atoms with Gasteiger partial charge in [0.15, 0.2) is 15.7 Å².